The highest BCUT2D eigenvalue weighted by atomic mass is 19.2. The fourth-order valence-electron chi connectivity index (χ4n) is 2.04. The number of ether oxygens (including phenoxy) is 1. The third-order valence-corrected chi connectivity index (χ3v) is 3.09. The molecule has 5 heteroatoms. The summed E-state index contributed by atoms with van der Waals surface area (Å²) >= 11 is 0. The molecule has 2 aromatic rings. The van der Waals surface area contributed by atoms with Crippen LogP contribution in [0.1, 0.15) is 21.5 Å². The molecule has 0 aliphatic carbocycles. The van der Waals surface area contributed by atoms with Gasteiger partial charge >= 0.3 is 0 Å². The topological polar surface area (TPSA) is 26.3 Å². The molecule has 0 amide bonds. The molecule has 2 aromatic carbocycles. The first-order chi connectivity index (χ1) is 9.92. The van der Waals surface area contributed by atoms with Crippen molar-refractivity contribution in [1.29, 1.82) is 0 Å². The second-order valence-corrected chi connectivity index (χ2v) is 4.67. The maximum Gasteiger partial charge on any atom is 0.194 e. The van der Waals surface area contributed by atoms with E-state index in [-0.39, 0.29) is 12.0 Å². The van der Waals surface area contributed by atoms with Gasteiger partial charge in [-0.2, -0.15) is 0 Å². The van der Waals surface area contributed by atoms with Crippen LogP contribution in [0.4, 0.5) is 13.2 Å². The maximum atomic E-state index is 13.2. The van der Waals surface area contributed by atoms with Crippen LogP contribution in [-0.4, -0.2) is 12.9 Å². The Bertz CT molecular complexity index is 673. The molecule has 2 rings (SSSR count). The minimum atomic E-state index is -1.58. The number of carbonyl (C=O) groups is 1. The van der Waals surface area contributed by atoms with Crippen LogP contribution in [0.25, 0.3) is 0 Å². The fraction of sp³-hybridized carbons (Fsp3) is 0.188. The van der Waals surface area contributed by atoms with E-state index in [1.807, 2.05) is 13.0 Å². The lowest BCUT2D eigenvalue weighted by atomic mass is 10.0. The van der Waals surface area contributed by atoms with Crippen molar-refractivity contribution in [2.75, 3.05) is 7.11 Å². The third kappa shape index (κ3) is 3.24. The van der Waals surface area contributed by atoms with Gasteiger partial charge in [0.2, 0.25) is 0 Å². The molecule has 0 saturated heterocycles. The van der Waals surface area contributed by atoms with Gasteiger partial charge in [-0.25, -0.2) is 13.2 Å². The highest BCUT2D eigenvalue weighted by Crippen LogP contribution is 2.22. The molecule has 0 fully saturated rings. The summed E-state index contributed by atoms with van der Waals surface area (Å²) in [6, 6.07) is 6.69. The minimum Gasteiger partial charge on any atom is -0.496 e. The Labute approximate surface area is 120 Å². The Kier molecular flexibility index (Phi) is 4.31. The lowest BCUT2D eigenvalue weighted by molar-refractivity contribution is 0.0991. The second kappa shape index (κ2) is 5.99. The molecule has 0 atom stereocenters. The normalized spacial score (nSPS) is 10.5. The van der Waals surface area contributed by atoms with E-state index in [1.54, 1.807) is 12.1 Å². The summed E-state index contributed by atoms with van der Waals surface area (Å²) in [5.74, 6) is -4.35. The number of hydrogen-bond acceptors (Lipinski definition) is 2. The van der Waals surface area contributed by atoms with E-state index in [1.165, 1.54) is 7.11 Å². The molecule has 0 unspecified atom stereocenters. The van der Waals surface area contributed by atoms with E-state index in [4.69, 9.17) is 4.74 Å². The lowest BCUT2D eigenvalue weighted by Gasteiger charge is -2.09. The van der Waals surface area contributed by atoms with Crippen LogP contribution in [0.5, 0.6) is 5.75 Å². The average molecular weight is 294 g/mol. The monoisotopic (exact) mass is 294 g/mol. The highest BCUT2D eigenvalue weighted by molar-refractivity contribution is 5.97. The number of rotatable bonds is 4. The van der Waals surface area contributed by atoms with Crippen molar-refractivity contribution in [3.05, 3.63) is 64.5 Å². The van der Waals surface area contributed by atoms with E-state index >= 15 is 0 Å². The standard InChI is InChI=1S/C16H13F3O2/c1-9-3-4-15(21-2)11(5-9)8-14(20)10-6-12(17)16(19)13(18)7-10/h3-7H,8H2,1-2H3. The number of benzene rings is 2. The SMILES string of the molecule is COc1ccc(C)cc1CC(=O)c1cc(F)c(F)c(F)c1. The van der Waals surface area contributed by atoms with Gasteiger partial charge in [-0.05, 0) is 25.1 Å². The van der Waals surface area contributed by atoms with Crippen LogP contribution < -0.4 is 4.74 Å². The Morgan fingerprint density at radius 3 is 2.29 bits per heavy atom. The van der Waals surface area contributed by atoms with Crippen molar-refractivity contribution in [2.45, 2.75) is 13.3 Å². The molecule has 0 spiro atoms. The molecule has 0 bridgehead atoms. The zero-order chi connectivity index (χ0) is 15.6. The van der Waals surface area contributed by atoms with E-state index in [0.717, 1.165) is 5.56 Å². The van der Waals surface area contributed by atoms with Crippen molar-refractivity contribution < 1.29 is 22.7 Å². The molecule has 0 heterocycles. The Hall–Kier alpha value is -2.30. The predicted octanol–water partition coefficient (Wildman–Crippen LogP) is 3.85. The summed E-state index contributed by atoms with van der Waals surface area (Å²) in [7, 11) is 1.47. The first kappa shape index (κ1) is 15.1. The molecular formula is C16H13F3O2. The average Bonchev–Trinajstić information content (AvgIpc) is 2.44. The van der Waals surface area contributed by atoms with Gasteiger partial charge in [-0.1, -0.05) is 17.7 Å². The molecule has 0 aliphatic rings. The summed E-state index contributed by atoms with van der Waals surface area (Å²) in [5, 5.41) is 0. The Morgan fingerprint density at radius 2 is 1.71 bits per heavy atom. The molecule has 0 aliphatic heterocycles. The number of aryl methyl sites for hydroxylation is 1. The van der Waals surface area contributed by atoms with E-state index < -0.39 is 23.2 Å². The van der Waals surface area contributed by atoms with Crippen LogP contribution >= 0.6 is 0 Å². The number of methoxy groups -OCH3 is 1. The summed E-state index contributed by atoms with van der Waals surface area (Å²) in [4.78, 5) is 12.1. The van der Waals surface area contributed by atoms with Crippen LogP contribution in [0, 0.1) is 24.4 Å². The van der Waals surface area contributed by atoms with Crippen LogP contribution in [0.2, 0.25) is 0 Å². The van der Waals surface area contributed by atoms with Crippen molar-refractivity contribution in [1.82, 2.24) is 0 Å². The predicted molar refractivity (Wildman–Crippen MR) is 72.1 cm³/mol. The number of carbonyl (C=O) groups excluding carboxylic acids is 1. The van der Waals surface area contributed by atoms with Gasteiger partial charge in [0.25, 0.3) is 0 Å². The molecular weight excluding hydrogens is 281 g/mol. The summed E-state index contributed by atoms with van der Waals surface area (Å²) < 4.78 is 44.3. The van der Waals surface area contributed by atoms with E-state index in [2.05, 4.69) is 0 Å². The minimum absolute atomic E-state index is 0.0879. The molecule has 2 nitrogen and oxygen atoms in total. The van der Waals surface area contributed by atoms with Gasteiger partial charge < -0.3 is 4.74 Å². The molecule has 0 radical (unpaired) electrons. The molecule has 21 heavy (non-hydrogen) atoms. The third-order valence-electron chi connectivity index (χ3n) is 3.09. The lowest BCUT2D eigenvalue weighted by Crippen LogP contribution is -2.07. The molecule has 0 aromatic heterocycles. The summed E-state index contributed by atoms with van der Waals surface area (Å²) in [6.45, 7) is 1.85. The number of ketones is 1. The zero-order valence-corrected chi connectivity index (χ0v) is 11.5. The fourth-order valence-corrected chi connectivity index (χ4v) is 2.04. The van der Waals surface area contributed by atoms with E-state index in [9.17, 15) is 18.0 Å². The van der Waals surface area contributed by atoms with Gasteiger partial charge in [0.05, 0.1) is 7.11 Å². The Balaban J connectivity index is 2.32. The van der Waals surface area contributed by atoms with Crippen LogP contribution in [-0.2, 0) is 6.42 Å². The molecule has 0 saturated carbocycles. The van der Waals surface area contributed by atoms with Crippen molar-refractivity contribution >= 4 is 5.78 Å². The van der Waals surface area contributed by atoms with Crippen molar-refractivity contribution in [3.8, 4) is 5.75 Å². The number of halogens is 3. The van der Waals surface area contributed by atoms with Crippen LogP contribution in [0.3, 0.4) is 0 Å². The first-order valence-corrected chi connectivity index (χ1v) is 6.23. The first-order valence-electron chi connectivity index (χ1n) is 6.23. The Morgan fingerprint density at radius 1 is 1.10 bits per heavy atom. The number of Topliss-reactive ketones (excluding diaryl/α,β-unsaturated/α-hetero) is 1. The summed E-state index contributed by atoms with van der Waals surface area (Å²) in [5.41, 5.74) is 1.32. The van der Waals surface area contributed by atoms with Gasteiger partial charge in [-0.15, -0.1) is 0 Å². The number of hydrogen-bond donors (Lipinski definition) is 0. The van der Waals surface area contributed by atoms with Crippen molar-refractivity contribution in [2.24, 2.45) is 0 Å². The quantitative estimate of drug-likeness (QED) is 0.632. The summed E-state index contributed by atoms with van der Waals surface area (Å²) in [6.07, 6.45) is -0.0879. The molecule has 110 valence electrons. The maximum absolute atomic E-state index is 13.2. The van der Waals surface area contributed by atoms with E-state index in [0.29, 0.717) is 23.4 Å². The zero-order valence-electron chi connectivity index (χ0n) is 11.5. The second-order valence-electron chi connectivity index (χ2n) is 4.67. The van der Waals surface area contributed by atoms with Crippen molar-refractivity contribution in [3.63, 3.8) is 0 Å². The largest absolute Gasteiger partial charge is 0.496 e. The van der Waals surface area contributed by atoms with Gasteiger partial charge in [0.15, 0.2) is 23.2 Å². The van der Waals surface area contributed by atoms with Gasteiger partial charge in [0.1, 0.15) is 5.75 Å². The molecule has 0 N–H and O–H groups in total. The highest BCUT2D eigenvalue weighted by Gasteiger charge is 2.16. The smallest absolute Gasteiger partial charge is 0.194 e. The van der Waals surface area contributed by atoms with Gasteiger partial charge in [0, 0.05) is 17.5 Å². The van der Waals surface area contributed by atoms with Gasteiger partial charge in [-0.3, -0.25) is 4.79 Å². The van der Waals surface area contributed by atoms with Crippen LogP contribution in [0.15, 0.2) is 30.3 Å².